The van der Waals surface area contributed by atoms with Crippen molar-refractivity contribution < 1.29 is 9.59 Å². The summed E-state index contributed by atoms with van der Waals surface area (Å²) in [5, 5.41) is 0. The Labute approximate surface area is 115 Å². The Bertz CT molecular complexity index is 330. The van der Waals surface area contributed by atoms with Crippen LogP contribution in [0.1, 0.15) is 39.0 Å². The fourth-order valence-electron chi connectivity index (χ4n) is 3.04. The summed E-state index contributed by atoms with van der Waals surface area (Å²) in [6, 6.07) is -0.444. The van der Waals surface area contributed by atoms with Crippen LogP contribution in [0.15, 0.2) is 0 Å². The van der Waals surface area contributed by atoms with Crippen molar-refractivity contribution in [3.8, 4) is 0 Å². The summed E-state index contributed by atoms with van der Waals surface area (Å²) >= 11 is 0. The SMILES string of the molecule is C[C@@H](N)C(=O)N1CCN(C(=O)C2CCCCC2)CC1. The molecule has 1 heterocycles. The molecule has 1 saturated heterocycles. The van der Waals surface area contributed by atoms with Gasteiger partial charge in [0.25, 0.3) is 0 Å². The minimum Gasteiger partial charge on any atom is -0.339 e. The van der Waals surface area contributed by atoms with Crippen LogP contribution in [0.5, 0.6) is 0 Å². The lowest BCUT2D eigenvalue weighted by atomic mass is 9.88. The van der Waals surface area contributed by atoms with E-state index in [1.165, 1.54) is 19.3 Å². The van der Waals surface area contributed by atoms with Crippen LogP contribution in [-0.4, -0.2) is 53.8 Å². The number of hydrogen-bond donors (Lipinski definition) is 1. The van der Waals surface area contributed by atoms with Crippen molar-refractivity contribution in [3.05, 3.63) is 0 Å². The Hall–Kier alpha value is -1.10. The van der Waals surface area contributed by atoms with E-state index in [9.17, 15) is 9.59 Å². The van der Waals surface area contributed by atoms with Gasteiger partial charge < -0.3 is 15.5 Å². The van der Waals surface area contributed by atoms with Crippen LogP contribution in [0.2, 0.25) is 0 Å². The first-order valence-electron chi connectivity index (χ1n) is 7.42. The summed E-state index contributed by atoms with van der Waals surface area (Å²) in [5.74, 6) is 0.516. The molecule has 2 rings (SSSR count). The van der Waals surface area contributed by atoms with Gasteiger partial charge in [0.1, 0.15) is 0 Å². The average Bonchev–Trinajstić information content (AvgIpc) is 2.46. The highest BCUT2D eigenvalue weighted by atomic mass is 16.2. The summed E-state index contributed by atoms with van der Waals surface area (Å²) in [4.78, 5) is 27.8. The van der Waals surface area contributed by atoms with E-state index in [1.807, 2.05) is 4.90 Å². The number of rotatable bonds is 2. The van der Waals surface area contributed by atoms with Gasteiger partial charge in [-0.25, -0.2) is 0 Å². The summed E-state index contributed by atoms with van der Waals surface area (Å²) < 4.78 is 0. The minimum atomic E-state index is -0.444. The Morgan fingerprint density at radius 1 is 1.00 bits per heavy atom. The standard InChI is InChI=1S/C14H25N3O2/c1-11(15)13(18)16-7-9-17(10-8-16)14(19)12-5-3-2-4-6-12/h11-12H,2-10,15H2,1H3/t11-/m1/s1. The van der Waals surface area contributed by atoms with Gasteiger partial charge in [-0.1, -0.05) is 19.3 Å². The van der Waals surface area contributed by atoms with E-state index in [0.29, 0.717) is 32.1 Å². The zero-order chi connectivity index (χ0) is 13.8. The molecule has 2 amide bonds. The second-order valence-corrected chi connectivity index (χ2v) is 5.77. The average molecular weight is 267 g/mol. The Balaban J connectivity index is 1.82. The lowest BCUT2D eigenvalue weighted by Crippen LogP contribution is -2.54. The molecule has 2 N–H and O–H groups in total. The number of nitrogens with two attached hydrogens (primary N) is 1. The van der Waals surface area contributed by atoms with E-state index >= 15 is 0 Å². The van der Waals surface area contributed by atoms with E-state index in [0.717, 1.165) is 12.8 Å². The van der Waals surface area contributed by atoms with Crippen molar-refractivity contribution in [2.75, 3.05) is 26.2 Å². The molecule has 0 spiro atoms. The van der Waals surface area contributed by atoms with Crippen LogP contribution in [-0.2, 0) is 9.59 Å². The van der Waals surface area contributed by atoms with Gasteiger partial charge in [0, 0.05) is 32.1 Å². The number of carbonyl (C=O) groups excluding carboxylic acids is 2. The molecule has 1 saturated carbocycles. The molecule has 0 unspecified atom stereocenters. The fourth-order valence-corrected chi connectivity index (χ4v) is 3.04. The second kappa shape index (κ2) is 6.37. The third-order valence-electron chi connectivity index (χ3n) is 4.25. The summed E-state index contributed by atoms with van der Waals surface area (Å²) in [6.45, 7) is 4.28. The highest BCUT2D eigenvalue weighted by molar-refractivity contribution is 5.82. The van der Waals surface area contributed by atoms with Gasteiger partial charge in [-0.05, 0) is 19.8 Å². The molecule has 108 valence electrons. The Morgan fingerprint density at radius 2 is 1.53 bits per heavy atom. The van der Waals surface area contributed by atoms with Crippen molar-refractivity contribution in [2.24, 2.45) is 11.7 Å². The number of nitrogens with zero attached hydrogens (tertiary/aromatic N) is 2. The van der Waals surface area contributed by atoms with Gasteiger partial charge in [0.15, 0.2) is 0 Å². The molecule has 0 aromatic heterocycles. The Kier molecular flexibility index (Phi) is 4.80. The van der Waals surface area contributed by atoms with Crippen molar-refractivity contribution in [1.29, 1.82) is 0 Å². The second-order valence-electron chi connectivity index (χ2n) is 5.77. The van der Waals surface area contributed by atoms with E-state index in [-0.39, 0.29) is 11.8 Å². The van der Waals surface area contributed by atoms with Gasteiger partial charge >= 0.3 is 0 Å². The Morgan fingerprint density at radius 3 is 2.05 bits per heavy atom. The molecule has 1 aliphatic heterocycles. The largest absolute Gasteiger partial charge is 0.339 e. The van der Waals surface area contributed by atoms with Crippen LogP contribution < -0.4 is 5.73 Å². The van der Waals surface area contributed by atoms with Crippen LogP contribution >= 0.6 is 0 Å². The lowest BCUT2D eigenvalue weighted by molar-refractivity contribution is -0.143. The molecule has 1 atom stereocenters. The van der Waals surface area contributed by atoms with Crippen molar-refractivity contribution in [2.45, 2.75) is 45.1 Å². The van der Waals surface area contributed by atoms with Gasteiger partial charge in [0.05, 0.1) is 6.04 Å². The zero-order valence-electron chi connectivity index (χ0n) is 11.8. The third kappa shape index (κ3) is 3.47. The van der Waals surface area contributed by atoms with Crippen molar-refractivity contribution in [3.63, 3.8) is 0 Å². The lowest BCUT2D eigenvalue weighted by Gasteiger charge is -2.37. The predicted molar refractivity (Wildman–Crippen MR) is 73.4 cm³/mol. The number of hydrogen-bond acceptors (Lipinski definition) is 3. The van der Waals surface area contributed by atoms with E-state index in [1.54, 1.807) is 11.8 Å². The van der Waals surface area contributed by atoms with Crippen LogP contribution in [0.4, 0.5) is 0 Å². The molecule has 1 aliphatic carbocycles. The van der Waals surface area contributed by atoms with E-state index < -0.39 is 6.04 Å². The smallest absolute Gasteiger partial charge is 0.239 e. The molecule has 0 bridgehead atoms. The monoisotopic (exact) mass is 267 g/mol. The number of piperazine rings is 1. The van der Waals surface area contributed by atoms with Crippen molar-refractivity contribution >= 4 is 11.8 Å². The first kappa shape index (κ1) is 14.3. The van der Waals surface area contributed by atoms with Crippen LogP contribution in [0, 0.1) is 5.92 Å². The molecular formula is C14H25N3O2. The molecule has 0 radical (unpaired) electrons. The molecule has 0 aromatic rings. The number of carbonyl (C=O) groups is 2. The number of amides is 2. The molecular weight excluding hydrogens is 242 g/mol. The minimum absolute atomic E-state index is 0.00948. The highest BCUT2D eigenvalue weighted by Gasteiger charge is 2.30. The summed E-state index contributed by atoms with van der Waals surface area (Å²) in [6.07, 6.45) is 5.70. The quantitative estimate of drug-likeness (QED) is 0.796. The van der Waals surface area contributed by atoms with Crippen LogP contribution in [0.25, 0.3) is 0 Å². The van der Waals surface area contributed by atoms with Crippen LogP contribution in [0.3, 0.4) is 0 Å². The summed E-state index contributed by atoms with van der Waals surface area (Å²) in [5.41, 5.74) is 5.61. The molecule has 2 fully saturated rings. The maximum absolute atomic E-state index is 12.4. The predicted octanol–water partition coefficient (Wildman–Crippen LogP) is 0.585. The normalized spacial score (nSPS) is 23.3. The topological polar surface area (TPSA) is 66.6 Å². The third-order valence-corrected chi connectivity index (χ3v) is 4.25. The molecule has 2 aliphatic rings. The molecule has 19 heavy (non-hydrogen) atoms. The van der Waals surface area contributed by atoms with Gasteiger partial charge in [-0.3, -0.25) is 9.59 Å². The maximum Gasteiger partial charge on any atom is 0.239 e. The van der Waals surface area contributed by atoms with E-state index in [4.69, 9.17) is 5.73 Å². The maximum atomic E-state index is 12.4. The molecule has 5 heteroatoms. The zero-order valence-corrected chi connectivity index (χ0v) is 11.8. The molecule has 0 aromatic carbocycles. The van der Waals surface area contributed by atoms with E-state index in [2.05, 4.69) is 0 Å². The molecule has 5 nitrogen and oxygen atoms in total. The van der Waals surface area contributed by atoms with Gasteiger partial charge in [-0.15, -0.1) is 0 Å². The first-order valence-corrected chi connectivity index (χ1v) is 7.42. The summed E-state index contributed by atoms with van der Waals surface area (Å²) in [7, 11) is 0. The van der Waals surface area contributed by atoms with Gasteiger partial charge in [0.2, 0.25) is 11.8 Å². The first-order chi connectivity index (χ1) is 9.09. The van der Waals surface area contributed by atoms with Crippen molar-refractivity contribution in [1.82, 2.24) is 9.80 Å². The fraction of sp³-hybridized carbons (Fsp3) is 0.857. The van der Waals surface area contributed by atoms with Gasteiger partial charge in [-0.2, -0.15) is 0 Å². The highest BCUT2D eigenvalue weighted by Crippen LogP contribution is 2.25.